The van der Waals surface area contributed by atoms with Gasteiger partial charge in [0, 0.05) is 11.4 Å². The van der Waals surface area contributed by atoms with Crippen LogP contribution in [0.2, 0.25) is 0 Å². The third-order valence-corrected chi connectivity index (χ3v) is 5.38. The molecule has 1 N–H and O–H groups in total. The first kappa shape index (κ1) is 21.2. The van der Waals surface area contributed by atoms with Gasteiger partial charge in [0.15, 0.2) is 0 Å². The van der Waals surface area contributed by atoms with Gasteiger partial charge in [-0.15, -0.1) is 5.10 Å². The Morgan fingerprint density at radius 1 is 1.28 bits per heavy atom. The number of nitrogens with zero attached hydrogens (tertiary/aromatic N) is 3. The van der Waals surface area contributed by atoms with Crippen molar-refractivity contribution in [1.29, 1.82) is 0 Å². The molecular formula is C21H28N4O3S. The van der Waals surface area contributed by atoms with E-state index in [0.29, 0.717) is 23.3 Å². The smallest absolute Gasteiger partial charge is 0.338 e. The van der Waals surface area contributed by atoms with Crippen molar-refractivity contribution in [2.24, 2.45) is 0 Å². The van der Waals surface area contributed by atoms with Crippen molar-refractivity contribution in [3.8, 4) is 5.75 Å². The van der Waals surface area contributed by atoms with E-state index in [2.05, 4.69) is 22.3 Å². The SMILES string of the molecule is CCCSc1nc2n(n1)C(c1ccc(OCC)cc1)C(C(=O)OC(C)C)=C(C)N2. The van der Waals surface area contributed by atoms with Gasteiger partial charge in [-0.2, -0.15) is 4.98 Å². The van der Waals surface area contributed by atoms with E-state index >= 15 is 0 Å². The molecule has 3 rings (SSSR count). The van der Waals surface area contributed by atoms with E-state index in [1.54, 1.807) is 16.4 Å². The second-order valence-corrected chi connectivity index (χ2v) is 8.10. The first-order valence-corrected chi connectivity index (χ1v) is 10.9. The molecule has 2 heterocycles. The fourth-order valence-corrected chi connectivity index (χ4v) is 3.83. The predicted molar refractivity (Wildman–Crippen MR) is 114 cm³/mol. The maximum atomic E-state index is 12.9. The maximum Gasteiger partial charge on any atom is 0.338 e. The lowest BCUT2D eigenvalue weighted by molar-refractivity contribution is -0.143. The summed E-state index contributed by atoms with van der Waals surface area (Å²) >= 11 is 1.60. The first-order valence-electron chi connectivity index (χ1n) is 9.95. The predicted octanol–water partition coefficient (Wildman–Crippen LogP) is 4.42. The third kappa shape index (κ3) is 4.75. The molecule has 8 heteroatoms. The van der Waals surface area contributed by atoms with E-state index in [9.17, 15) is 4.79 Å². The van der Waals surface area contributed by atoms with E-state index in [0.717, 1.165) is 29.2 Å². The van der Waals surface area contributed by atoms with Gasteiger partial charge in [-0.3, -0.25) is 0 Å². The summed E-state index contributed by atoms with van der Waals surface area (Å²) in [7, 11) is 0. The quantitative estimate of drug-likeness (QED) is 0.504. The van der Waals surface area contributed by atoms with Gasteiger partial charge in [-0.1, -0.05) is 30.8 Å². The highest BCUT2D eigenvalue weighted by molar-refractivity contribution is 7.99. The van der Waals surface area contributed by atoms with Crippen LogP contribution in [0.4, 0.5) is 5.95 Å². The summed E-state index contributed by atoms with van der Waals surface area (Å²) in [6.07, 6.45) is 0.824. The van der Waals surface area contributed by atoms with Gasteiger partial charge in [0.2, 0.25) is 11.1 Å². The van der Waals surface area contributed by atoms with Crippen LogP contribution >= 0.6 is 11.8 Å². The molecule has 29 heavy (non-hydrogen) atoms. The standard InChI is InChI=1S/C21H28N4O3S/c1-6-12-29-21-23-20-22-14(5)17(19(26)28-13(3)4)18(25(20)24-21)15-8-10-16(11-9-15)27-7-2/h8-11,13,18H,6-7,12H2,1-5H3,(H,22,23,24). The number of nitrogens with one attached hydrogen (secondary N) is 1. The number of allylic oxidation sites excluding steroid dienone is 1. The Bertz CT molecular complexity index is 890. The van der Waals surface area contributed by atoms with Crippen molar-refractivity contribution in [2.75, 3.05) is 17.7 Å². The molecule has 0 saturated carbocycles. The summed E-state index contributed by atoms with van der Waals surface area (Å²) in [5, 5.41) is 8.60. The number of hydrogen-bond donors (Lipinski definition) is 1. The molecule has 0 radical (unpaired) electrons. The van der Waals surface area contributed by atoms with Crippen LogP contribution in [0.25, 0.3) is 0 Å². The van der Waals surface area contributed by atoms with Gasteiger partial charge in [-0.05, 0) is 51.8 Å². The molecular weight excluding hydrogens is 388 g/mol. The highest BCUT2D eigenvalue weighted by Gasteiger charge is 2.35. The molecule has 0 aliphatic carbocycles. The molecule has 7 nitrogen and oxygen atoms in total. The molecule has 1 aliphatic rings. The lowest BCUT2D eigenvalue weighted by Gasteiger charge is -2.28. The number of fused-ring (bicyclic) bond motifs is 1. The Hall–Kier alpha value is -2.48. The molecule has 0 saturated heterocycles. The average molecular weight is 417 g/mol. The molecule has 1 aromatic heterocycles. The van der Waals surface area contributed by atoms with E-state index in [1.807, 2.05) is 52.0 Å². The van der Waals surface area contributed by atoms with Crippen molar-refractivity contribution in [3.05, 3.63) is 41.1 Å². The number of rotatable bonds is 8. The second kappa shape index (κ2) is 9.35. The number of esters is 1. The van der Waals surface area contributed by atoms with Crippen molar-refractivity contribution < 1.29 is 14.3 Å². The first-order chi connectivity index (χ1) is 13.9. The van der Waals surface area contributed by atoms with E-state index in [1.165, 1.54) is 0 Å². The van der Waals surface area contributed by atoms with Crippen LogP contribution in [0.1, 0.15) is 52.6 Å². The topological polar surface area (TPSA) is 78.3 Å². The van der Waals surface area contributed by atoms with Gasteiger partial charge in [-0.25, -0.2) is 9.48 Å². The molecule has 1 aromatic carbocycles. The minimum Gasteiger partial charge on any atom is -0.494 e. The van der Waals surface area contributed by atoms with Crippen LogP contribution in [0.3, 0.4) is 0 Å². The molecule has 1 unspecified atom stereocenters. The van der Waals surface area contributed by atoms with Crippen molar-refractivity contribution in [1.82, 2.24) is 14.8 Å². The lowest BCUT2D eigenvalue weighted by atomic mass is 9.95. The number of carbonyl (C=O) groups excluding carboxylic acids is 1. The molecule has 1 atom stereocenters. The minimum absolute atomic E-state index is 0.211. The molecule has 156 valence electrons. The Kier molecular flexibility index (Phi) is 6.84. The minimum atomic E-state index is -0.420. The highest BCUT2D eigenvalue weighted by Crippen LogP contribution is 2.37. The molecule has 0 amide bonds. The van der Waals surface area contributed by atoms with Gasteiger partial charge >= 0.3 is 5.97 Å². The van der Waals surface area contributed by atoms with Gasteiger partial charge in [0.05, 0.1) is 18.3 Å². The summed E-state index contributed by atoms with van der Waals surface area (Å²) in [5.74, 6) is 2.00. The van der Waals surface area contributed by atoms with Crippen LogP contribution < -0.4 is 10.1 Å². The molecule has 0 spiro atoms. The number of hydrogen-bond acceptors (Lipinski definition) is 7. The van der Waals surface area contributed by atoms with E-state index in [4.69, 9.17) is 9.47 Å². The number of anilines is 1. The number of aromatic nitrogens is 3. The molecule has 1 aliphatic heterocycles. The van der Waals surface area contributed by atoms with Crippen LogP contribution in [-0.4, -0.2) is 39.2 Å². The fourth-order valence-electron chi connectivity index (χ4n) is 3.15. The van der Waals surface area contributed by atoms with Crippen LogP contribution in [-0.2, 0) is 9.53 Å². The number of thioether (sulfide) groups is 1. The average Bonchev–Trinajstić information content (AvgIpc) is 3.08. The molecule has 0 bridgehead atoms. The van der Waals surface area contributed by atoms with Crippen LogP contribution in [0, 0.1) is 0 Å². The summed E-state index contributed by atoms with van der Waals surface area (Å²) in [6.45, 7) is 10.2. The van der Waals surface area contributed by atoms with E-state index in [-0.39, 0.29) is 12.1 Å². The van der Waals surface area contributed by atoms with E-state index < -0.39 is 6.04 Å². The highest BCUT2D eigenvalue weighted by atomic mass is 32.2. The van der Waals surface area contributed by atoms with Gasteiger partial charge in [0.25, 0.3) is 0 Å². The largest absolute Gasteiger partial charge is 0.494 e. The van der Waals surface area contributed by atoms with Crippen LogP contribution in [0.15, 0.2) is 40.7 Å². The Balaban J connectivity index is 2.05. The number of carbonyl (C=O) groups is 1. The zero-order valence-corrected chi connectivity index (χ0v) is 18.4. The monoisotopic (exact) mass is 416 g/mol. The zero-order chi connectivity index (χ0) is 21.0. The summed E-state index contributed by atoms with van der Waals surface area (Å²) in [6, 6.07) is 7.31. The Morgan fingerprint density at radius 3 is 2.62 bits per heavy atom. The second-order valence-electron chi connectivity index (χ2n) is 7.03. The zero-order valence-electron chi connectivity index (χ0n) is 17.6. The Labute approximate surface area is 175 Å². The lowest BCUT2D eigenvalue weighted by Crippen LogP contribution is -2.30. The fraction of sp³-hybridized carbons (Fsp3) is 0.476. The summed E-state index contributed by atoms with van der Waals surface area (Å²) in [4.78, 5) is 17.6. The normalized spacial score (nSPS) is 15.9. The summed E-state index contributed by atoms with van der Waals surface area (Å²) < 4.78 is 12.9. The van der Waals surface area contributed by atoms with Crippen molar-refractivity contribution in [3.63, 3.8) is 0 Å². The van der Waals surface area contributed by atoms with Crippen molar-refractivity contribution >= 4 is 23.7 Å². The molecule has 0 fully saturated rings. The Morgan fingerprint density at radius 2 is 2.00 bits per heavy atom. The van der Waals surface area contributed by atoms with Crippen LogP contribution in [0.5, 0.6) is 5.75 Å². The summed E-state index contributed by atoms with van der Waals surface area (Å²) in [5.41, 5.74) is 2.18. The number of benzene rings is 1. The van der Waals surface area contributed by atoms with Gasteiger partial charge < -0.3 is 14.8 Å². The third-order valence-electron chi connectivity index (χ3n) is 4.34. The van der Waals surface area contributed by atoms with Crippen molar-refractivity contribution in [2.45, 2.75) is 58.3 Å². The number of ether oxygens (including phenoxy) is 2. The maximum absolute atomic E-state index is 12.9. The van der Waals surface area contributed by atoms with Gasteiger partial charge in [0.1, 0.15) is 11.8 Å². The molecule has 2 aromatic rings.